The lowest BCUT2D eigenvalue weighted by Gasteiger charge is -2.04. The molecule has 6 heteroatoms. The Hall–Kier alpha value is -1.62. The summed E-state index contributed by atoms with van der Waals surface area (Å²) in [4.78, 5) is 15.7. The van der Waals surface area contributed by atoms with Gasteiger partial charge in [-0.2, -0.15) is 5.10 Å². The van der Waals surface area contributed by atoms with E-state index in [1.165, 1.54) is 6.20 Å². The largest absolute Gasteiger partial charge is 0.350 e. The highest BCUT2D eigenvalue weighted by Gasteiger charge is 2.12. The van der Waals surface area contributed by atoms with Gasteiger partial charge in [0.15, 0.2) is 0 Å². The number of nitrogens with one attached hydrogen (secondary N) is 1. The maximum atomic E-state index is 11.8. The van der Waals surface area contributed by atoms with Gasteiger partial charge in [0, 0.05) is 24.3 Å². The second-order valence-electron chi connectivity index (χ2n) is 3.46. The molecule has 1 amide bonds. The molecule has 0 aromatic carbocycles. The van der Waals surface area contributed by atoms with Gasteiger partial charge in [-0.3, -0.25) is 9.78 Å². The van der Waals surface area contributed by atoms with Crippen molar-refractivity contribution in [2.45, 2.75) is 12.3 Å². The second kappa shape index (κ2) is 4.49. The molecule has 0 spiro atoms. The molecular weight excluding hydrogens is 228 g/mol. The monoisotopic (exact) mass is 238 g/mol. The zero-order valence-corrected chi connectivity index (χ0v) is 9.48. The number of alkyl halides is 1. The van der Waals surface area contributed by atoms with Gasteiger partial charge in [0.05, 0.1) is 23.5 Å². The number of rotatable bonds is 3. The number of hydrogen-bond acceptors (Lipinski definition) is 3. The van der Waals surface area contributed by atoms with Gasteiger partial charge in [0.2, 0.25) is 0 Å². The molecule has 2 rings (SSSR count). The van der Waals surface area contributed by atoms with Gasteiger partial charge in [-0.1, -0.05) is 0 Å². The first-order valence-electron chi connectivity index (χ1n) is 4.88. The molecule has 0 aliphatic rings. The topological polar surface area (TPSA) is 59.3 Å². The van der Waals surface area contributed by atoms with Gasteiger partial charge < -0.3 is 5.32 Å². The summed E-state index contributed by atoms with van der Waals surface area (Å²) >= 11 is 5.75. The molecule has 84 valence electrons. The number of carbonyl (C=O) groups excluding carboxylic acids is 1. The number of hydrogen-bond donors (Lipinski definition) is 1. The van der Waals surface area contributed by atoms with Crippen molar-refractivity contribution in [1.29, 1.82) is 0 Å². The number of amides is 1. The van der Waals surface area contributed by atoms with Crippen molar-refractivity contribution in [2.24, 2.45) is 0 Å². The van der Waals surface area contributed by atoms with Crippen molar-refractivity contribution in [2.75, 3.05) is 6.54 Å². The van der Waals surface area contributed by atoms with Crippen LogP contribution in [-0.4, -0.2) is 32.4 Å². The lowest BCUT2D eigenvalue weighted by molar-refractivity contribution is 0.0955. The van der Waals surface area contributed by atoms with E-state index in [0.29, 0.717) is 17.6 Å². The van der Waals surface area contributed by atoms with E-state index in [1.807, 2.05) is 6.92 Å². The Morgan fingerprint density at radius 3 is 3.19 bits per heavy atom. The summed E-state index contributed by atoms with van der Waals surface area (Å²) in [5.74, 6) is -0.185. The van der Waals surface area contributed by atoms with E-state index in [-0.39, 0.29) is 11.3 Å². The molecule has 0 fully saturated rings. The zero-order chi connectivity index (χ0) is 11.5. The van der Waals surface area contributed by atoms with E-state index in [0.717, 1.165) is 0 Å². The Bertz CT molecular complexity index is 508. The van der Waals surface area contributed by atoms with Gasteiger partial charge in [0.25, 0.3) is 5.91 Å². The van der Waals surface area contributed by atoms with Crippen molar-refractivity contribution in [3.05, 3.63) is 30.4 Å². The summed E-state index contributed by atoms with van der Waals surface area (Å²) in [6.45, 7) is 2.25. The van der Waals surface area contributed by atoms with Crippen LogP contribution in [0.1, 0.15) is 17.3 Å². The van der Waals surface area contributed by atoms with E-state index in [9.17, 15) is 4.79 Å². The van der Waals surface area contributed by atoms with Crippen LogP contribution in [0, 0.1) is 0 Å². The fourth-order valence-corrected chi connectivity index (χ4v) is 1.42. The molecule has 1 atom stereocenters. The summed E-state index contributed by atoms with van der Waals surface area (Å²) in [6, 6.07) is 0. The van der Waals surface area contributed by atoms with Gasteiger partial charge in [-0.15, -0.1) is 11.6 Å². The van der Waals surface area contributed by atoms with Gasteiger partial charge >= 0.3 is 0 Å². The number of carbonyl (C=O) groups is 1. The fraction of sp³-hybridized carbons (Fsp3) is 0.300. The molecule has 0 radical (unpaired) electrons. The first kappa shape index (κ1) is 10.9. The van der Waals surface area contributed by atoms with Crippen LogP contribution >= 0.6 is 11.6 Å². The lowest BCUT2D eigenvalue weighted by atomic mass is 10.2. The zero-order valence-electron chi connectivity index (χ0n) is 8.72. The Morgan fingerprint density at radius 2 is 2.44 bits per heavy atom. The summed E-state index contributed by atoms with van der Waals surface area (Å²) in [6.07, 6.45) is 6.43. The highest BCUT2D eigenvalue weighted by atomic mass is 35.5. The Balaban J connectivity index is 2.23. The fourth-order valence-electron chi connectivity index (χ4n) is 1.34. The molecule has 0 saturated heterocycles. The molecule has 2 aromatic heterocycles. The van der Waals surface area contributed by atoms with E-state index in [2.05, 4.69) is 15.4 Å². The van der Waals surface area contributed by atoms with Crippen LogP contribution in [0.4, 0.5) is 0 Å². The summed E-state index contributed by atoms with van der Waals surface area (Å²) in [7, 11) is 0. The highest BCUT2D eigenvalue weighted by Crippen LogP contribution is 2.08. The third-order valence-electron chi connectivity index (χ3n) is 2.11. The van der Waals surface area contributed by atoms with E-state index in [1.54, 1.807) is 23.1 Å². The van der Waals surface area contributed by atoms with Gasteiger partial charge in [-0.25, -0.2) is 4.52 Å². The SMILES string of the molecule is CC(Cl)CNC(=O)c1cnn2ccncc12. The van der Waals surface area contributed by atoms with Crippen molar-refractivity contribution >= 4 is 23.0 Å². The van der Waals surface area contributed by atoms with Gasteiger partial charge in [-0.05, 0) is 6.92 Å². The quantitative estimate of drug-likeness (QED) is 0.815. The minimum atomic E-state index is -0.185. The van der Waals surface area contributed by atoms with Crippen LogP contribution in [0.3, 0.4) is 0 Å². The Labute approximate surface area is 97.4 Å². The van der Waals surface area contributed by atoms with E-state index < -0.39 is 0 Å². The molecule has 1 unspecified atom stereocenters. The summed E-state index contributed by atoms with van der Waals surface area (Å²) in [5.41, 5.74) is 1.19. The predicted molar refractivity (Wildman–Crippen MR) is 60.6 cm³/mol. The molecule has 0 aliphatic carbocycles. The van der Waals surface area contributed by atoms with Crippen molar-refractivity contribution < 1.29 is 4.79 Å². The van der Waals surface area contributed by atoms with Crippen LogP contribution in [0.15, 0.2) is 24.8 Å². The van der Waals surface area contributed by atoms with Crippen molar-refractivity contribution in [1.82, 2.24) is 19.9 Å². The van der Waals surface area contributed by atoms with Crippen LogP contribution in [0.2, 0.25) is 0 Å². The molecule has 2 heterocycles. The molecule has 1 N–H and O–H groups in total. The smallest absolute Gasteiger partial charge is 0.255 e. The molecule has 0 aliphatic heterocycles. The van der Waals surface area contributed by atoms with E-state index >= 15 is 0 Å². The first-order chi connectivity index (χ1) is 7.68. The maximum absolute atomic E-state index is 11.8. The third-order valence-corrected chi connectivity index (χ3v) is 2.27. The number of nitrogens with zero attached hydrogens (tertiary/aromatic N) is 3. The summed E-state index contributed by atoms with van der Waals surface area (Å²) in [5, 5.41) is 6.68. The lowest BCUT2D eigenvalue weighted by Crippen LogP contribution is -2.28. The molecule has 2 aromatic rings. The van der Waals surface area contributed by atoms with Crippen LogP contribution in [-0.2, 0) is 0 Å². The predicted octanol–water partition coefficient (Wildman–Crippen LogP) is 1.09. The van der Waals surface area contributed by atoms with Crippen molar-refractivity contribution in [3.63, 3.8) is 0 Å². The minimum Gasteiger partial charge on any atom is -0.350 e. The second-order valence-corrected chi connectivity index (χ2v) is 4.20. The van der Waals surface area contributed by atoms with Crippen molar-refractivity contribution in [3.8, 4) is 0 Å². The Morgan fingerprint density at radius 1 is 1.62 bits per heavy atom. The number of halogens is 1. The van der Waals surface area contributed by atoms with Gasteiger partial charge in [0.1, 0.15) is 0 Å². The molecule has 0 bridgehead atoms. The average molecular weight is 239 g/mol. The van der Waals surface area contributed by atoms with Crippen LogP contribution in [0.25, 0.3) is 5.52 Å². The number of fused-ring (bicyclic) bond motifs is 1. The Kier molecular flexibility index (Phi) is 3.05. The first-order valence-corrected chi connectivity index (χ1v) is 5.32. The molecular formula is C10H11ClN4O. The standard InChI is InChI=1S/C10H11ClN4O/c1-7(11)4-13-10(16)8-5-14-15-3-2-12-6-9(8)15/h2-3,5-7H,4H2,1H3,(H,13,16). The number of aromatic nitrogens is 3. The minimum absolute atomic E-state index is 0.0936. The van der Waals surface area contributed by atoms with Crippen LogP contribution < -0.4 is 5.32 Å². The maximum Gasteiger partial charge on any atom is 0.255 e. The molecule has 0 saturated carbocycles. The third kappa shape index (κ3) is 2.14. The summed E-state index contributed by atoms with van der Waals surface area (Å²) < 4.78 is 1.60. The van der Waals surface area contributed by atoms with Crippen LogP contribution in [0.5, 0.6) is 0 Å². The molecule has 16 heavy (non-hydrogen) atoms. The average Bonchev–Trinajstić information content (AvgIpc) is 2.69. The highest BCUT2D eigenvalue weighted by molar-refractivity contribution is 6.20. The molecule has 5 nitrogen and oxygen atoms in total. The van der Waals surface area contributed by atoms with E-state index in [4.69, 9.17) is 11.6 Å². The normalized spacial score (nSPS) is 12.6.